The predicted octanol–water partition coefficient (Wildman–Crippen LogP) is 3.75. The van der Waals surface area contributed by atoms with Crippen molar-refractivity contribution >= 4 is 34.6 Å². The predicted molar refractivity (Wildman–Crippen MR) is 95.1 cm³/mol. The molecule has 0 amide bonds. The summed E-state index contributed by atoms with van der Waals surface area (Å²) in [5.74, 6) is 0.899. The van der Waals surface area contributed by atoms with Gasteiger partial charge in [-0.3, -0.25) is 0 Å². The summed E-state index contributed by atoms with van der Waals surface area (Å²) in [6.07, 6.45) is 3.80. The van der Waals surface area contributed by atoms with Crippen LogP contribution in [0.4, 0.5) is 5.69 Å². The van der Waals surface area contributed by atoms with Gasteiger partial charge >= 0.3 is 0 Å². The number of rotatable bonds is 5. The molecule has 0 atom stereocenters. The van der Waals surface area contributed by atoms with E-state index in [0.29, 0.717) is 5.11 Å². The van der Waals surface area contributed by atoms with Gasteiger partial charge in [0.05, 0.1) is 0 Å². The van der Waals surface area contributed by atoms with E-state index in [1.165, 1.54) is 25.9 Å². The fourth-order valence-electron chi connectivity index (χ4n) is 2.50. The Kier molecular flexibility index (Phi) is 6.74. The molecule has 3 nitrogen and oxygen atoms in total. The maximum absolute atomic E-state index is 5.85. The van der Waals surface area contributed by atoms with Gasteiger partial charge in [0.1, 0.15) is 0 Å². The lowest BCUT2D eigenvalue weighted by Crippen LogP contribution is -2.36. The molecule has 1 aromatic carbocycles. The second kappa shape index (κ2) is 8.57. The van der Waals surface area contributed by atoms with Gasteiger partial charge < -0.3 is 15.5 Å². The molecular weight excluding hydrogens is 302 g/mol. The van der Waals surface area contributed by atoms with Gasteiger partial charge in [-0.05, 0) is 81.3 Å². The molecule has 1 saturated heterocycles. The lowest BCUT2D eigenvalue weighted by atomic mass is 9.99. The zero-order chi connectivity index (χ0) is 15.1. The van der Waals surface area contributed by atoms with Crippen LogP contribution in [-0.4, -0.2) is 36.2 Å². The molecule has 0 aliphatic carbocycles. The van der Waals surface area contributed by atoms with Gasteiger partial charge in [0.2, 0.25) is 0 Å². The number of thiocarbonyl (C=S) groups is 1. The number of anilines is 1. The van der Waals surface area contributed by atoms with E-state index in [1.54, 1.807) is 0 Å². The number of nitrogens with zero attached hydrogens (tertiary/aromatic N) is 1. The number of halogens is 1. The third kappa shape index (κ3) is 6.20. The van der Waals surface area contributed by atoms with Gasteiger partial charge in [-0.15, -0.1) is 0 Å². The van der Waals surface area contributed by atoms with Crippen molar-refractivity contribution in [2.45, 2.75) is 26.2 Å². The summed E-state index contributed by atoms with van der Waals surface area (Å²) in [5.41, 5.74) is 0.960. The Morgan fingerprint density at radius 2 is 1.95 bits per heavy atom. The molecule has 1 aromatic rings. The third-order valence-electron chi connectivity index (χ3n) is 3.92. The van der Waals surface area contributed by atoms with Gasteiger partial charge in [-0.2, -0.15) is 0 Å². The lowest BCUT2D eigenvalue weighted by molar-refractivity contribution is 0.191. The number of nitrogens with one attached hydrogen (secondary N) is 2. The summed E-state index contributed by atoms with van der Waals surface area (Å²) in [7, 11) is 0. The monoisotopic (exact) mass is 325 g/mol. The molecule has 116 valence electrons. The third-order valence-corrected chi connectivity index (χ3v) is 4.41. The Bertz CT molecular complexity index is 441. The highest BCUT2D eigenvalue weighted by Crippen LogP contribution is 2.16. The molecular formula is C16H24ClN3S. The van der Waals surface area contributed by atoms with E-state index in [0.717, 1.165) is 36.1 Å². The first kappa shape index (κ1) is 16.5. The molecule has 0 unspecified atom stereocenters. The van der Waals surface area contributed by atoms with E-state index in [1.807, 2.05) is 24.3 Å². The molecule has 1 aliphatic rings. The van der Waals surface area contributed by atoms with Gasteiger partial charge in [0.25, 0.3) is 0 Å². The minimum absolute atomic E-state index is 0.671. The number of hydrogen-bond acceptors (Lipinski definition) is 2. The van der Waals surface area contributed by atoms with Gasteiger partial charge in [0, 0.05) is 17.3 Å². The van der Waals surface area contributed by atoms with Gasteiger partial charge in [-0.25, -0.2) is 0 Å². The van der Waals surface area contributed by atoms with Gasteiger partial charge in [0.15, 0.2) is 5.11 Å². The molecule has 0 radical (unpaired) electrons. The fraction of sp³-hybridized carbons (Fsp3) is 0.562. The Labute approximate surface area is 138 Å². The topological polar surface area (TPSA) is 27.3 Å². The Balaban J connectivity index is 1.58. The van der Waals surface area contributed by atoms with Crippen LogP contribution in [0.25, 0.3) is 0 Å². The fourth-order valence-corrected chi connectivity index (χ4v) is 2.84. The molecule has 0 aromatic heterocycles. The van der Waals surface area contributed by atoms with Crippen LogP contribution in [0.1, 0.15) is 26.2 Å². The van der Waals surface area contributed by atoms with Crippen LogP contribution in [-0.2, 0) is 0 Å². The number of piperidine rings is 1. The summed E-state index contributed by atoms with van der Waals surface area (Å²) in [4.78, 5) is 2.55. The highest BCUT2D eigenvalue weighted by Gasteiger charge is 2.14. The Morgan fingerprint density at radius 1 is 1.29 bits per heavy atom. The van der Waals surface area contributed by atoms with Crippen LogP contribution in [0.5, 0.6) is 0 Å². The van der Waals surface area contributed by atoms with Crippen molar-refractivity contribution in [3.05, 3.63) is 29.3 Å². The zero-order valence-electron chi connectivity index (χ0n) is 12.6. The largest absolute Gasteiger partial charge is 0.362 e. The van der Waals surface area contributed by atoms with Crippen molar-refractivity contribution < 1.29 is 0 Å². The summed E-state index contributed by atoms with van der Waals surface area (Å²) in [5, 5.41) is 7.82. The molecule has 2 rings (SSSR count). The number of hydrogen-bond donors (Lipinski definition) is 2. The van der Waals surface area contributed by atoms with E-state index >= 15 is 0 Å². The van der Waals surface area contributed by atoms with E-state index < -0.39 is 0 Å². The first-order chi connectivity index (χ1) is 10.1. The smallest absolute Gasteiger partial charge is 0.170 e. The van der Waals surface area contributed by atoms with Crippen molar-refractivity contribution in [1.29, 1.82) is 0 Å². The van der Waals surface area contributed by atoms with Crippen LogP contribution in [0.2, 0.25) is 5.02 Å². The quantitative estimate of drug-likeness (QED) is 0.637. The average Bonchev–Trinajstić information content (AvgIpc) is 2.48. The van der Waals surface area contributed by atoms with E-state index in [9.17, 15) is 0 Å². The van der Waals surface area contributed by atoms with E-state index in [-0.39, 0.29) is 0 Å². The second-order valence-electron chi connectivity index (χ2n) is 5.77. The average molecular weight is 326 g/mol. The van der Waals surface area contributed by atoms with Crippen LogP contribution in [0.3, 0.4) is 0 Å². The SMILES string of the molecule is CC1CCN(CCCNC(=S)Nc2ccc(Cl)cc2)CC1. The zero-order valence-corrected chi connectivity index (χ0v) is 14.1. The van der Waals surface area contributed by atoms with Crippen LogP contribution in [0.15, 0.2) is 24.3 Å². The summed E-state index contributed by atoms with van der Waals surface area (Å²) < 4.78 is 0. The summed E-state index contributed by atoms with van der Waals surface area (Å²) in [6.45, 7) is 6.90. The minimum Gasteiger partial charge on any atom is -0.362 e. The maximum atomic E-state index is 5.85. The molecule has 1 heterocycles. The second-order valence-corrected chi connectivity index (χ2v) is 6.61. The first-order valence-corrected chi connectivity index (χ1v) is 8.45. The van der Waals surface area contributed by atoms with Crippen molar-refractivity contribution in [3.63, 3.8) is 0 Å². The maximum Gasteiger partial charge on any atom is 0.170 e. The van der Waals surface area contributed by atoms with E-state index in [2.05, 4.69) is 22.5 Å². The first-order valence-electron chi connectivity index (χ1n) is 7.66. The molecule has 1 fully saturated rings. The van der Waals surface area contributed by atoms with Crippen molar-refractivity contribution in [2.75, 3.05) is 31.5 Å². The Morgan fingerprint density at radius 3 is 2.62 bits per heavy atom. The molecule has 21 heavy (non-hydrogen) atoms. The molecule has 0 bridgehead atoms. The van der Waals surface area contributed by atoms with Crippen molar-refractivity contribution in [3.8, 4) is 0 Å². The molecule has 5 heteroatoms. The molecule has 0 saturated carbocycles. The molecule has 2 N–H and O–H groups in total. The van der Waals surface area contributed by atoms with Crippen LogP contribution in [0, 0.1) is 5.92 Å². The standard InChI is InChI=1S/C16H24ClN3S/c1-13-7-11-20(12-8-13)10-2-9-18-16(21)19-15-5-3-14(17)4-6-15/h3-6,13H,2,7-12H2,1H3,(H2,18,19,21). The minimum atomic E-state index is 0.671. The normalized spacial score (nSPS) is 16.7. The van der Waals surface area contributed by atoms with Crippen molar-refractivity contribution in [2.24, 2.45) is 5.92 Å². The van der Waals surface area contributed by atoms with Crippen LogP contribution < -0.4 is 10.6 Å². The Hall–Kier alpha value is -0.840. The molecule has 1 aliphatic heterocycles. The van der Waals surface area contributed by atoms with E-state index in [4.69, 9.17) is 23.8 Å². The molecule has 0 spiro atoms. The lowest BCUT2D eigenvalue weighted by Gasteiger charge is -2.30. The number of benzene rings is 1. The summed E-state index contributed by atoms with van der Waals surface area (Å²) in [6, 6.07) is 7.55. The number of likely N-dealkylation sites (tertiary alicyclic amines) is 1. The highest BCUT2D eigenvalue weighted by molar-refractivity contribution is 7.80. The summed E-state index contributed by atoms with van der Waals surface area (Å²) >= 11 is 11.1. The van der Waals surface area contributed by atoms with Crippen LogP contribution >= 0.6 is 23.8 Å². The van der Waals surface area contributed by atoms with Gasteiger partial charge in [-0.1, -0.05) is 18.5 Å². The van der Waals surface area contributed by atoms with Crippen molar-refractivity contribution in [1.82, 2.24) is 10.2 Å². The highest BCUT2D eigenvalue weighted by atomic mass is 35.5.